The van der Waals surface area contributed by atoms with Crippen LogP contribution in [0.1, 0.15) is 23.9 Å². The lowest BCUT2D eigenvalue weighted by atomic mass is 10.1. The van der Waals surface area contributed by atoms with Gasteiger partial charge in [-0.15, -0.1) is 0 Å². The monoisotopic (exact) mass is 332 g/mol. The van der Waals surface area contributed by atoms with Gasteiger partial charge in [-0.3, -0.25) is 4.79 Å². The van der Waals surface area contributed by atoms with E-state index in [9.17, 15) is 4.79 Å². The summed E-state index contributed by atoms with van der Waals surface area (Å²) in [4.78, 5) is 16.9. The Balaban J connectivity index is 1.83. The lowest BCUT2D eigenvalue weighted by Gasteiger charge is -2.15. The Morgan fingerprint density at radius 2 is 2.33 bits per heavy atom. The highest BCUT2D eigenvalue weighted by atomic mass is 16.5. The van der Waals surface area contributed by atoms with Crippen molar-refractivity contribution in [3.8, 4) is 17.2 Å². The molecule has 1 N–H and O–H groups in total. The first-order valence-corrected chi connectivity index (χ1v) is 8.21. The summed E-state index contributed by atoms with van der Waals surface area (Å²) in [6.45, 7) is 3.50. The molecule has 2 aliphatic heterocycles. The minimum Gasteiger partial charge on any atom is -0.496 e. The fourth-order valence-electron chi connectivity index (χ4n) is 3.33. The van der Waals surface area contributed by atoms with Crippen LogP contribution in [0.5, 0.6) is 5.75 Å². The predicted molar refractivity (Wildman–Crippen MR) is 85.3 cm³/mol. The van der Waals surface area contributed by atoms with Gasteiger partial charge in [0.1, 0.15) is 11.3 Å². The van der Waals surface area contributed by atoms with Gasteiger partial charge >= 0.3 is 0 Å². The Morgan fingerprint density at radius 1 is 1.42 bits per heavy atom. The maximum atomic E-state index is 12.4. The van der Waals surface area contributed by atoms with Crippen LogP contribution in [-0.2, 0) is 17.7 Å². The number of ether oxygens (including phenoxy) is 2. The Morgan fingerprint density at radius 3 is 3.12 bits per heavy atom. The number of nitrogens with zero attached hydrogens (tertiary/aromatic N) is 3. The average molecular weight is 332 g/mol. The van der Waals surface area contributed by atoms with Crippen molar-refractivity contribution in [2.75, 3.05) is 33.4 Å². The molecule has 0 aromatic carbocycles. The van der Waals surface area contributed by atoms with Gasteiger partial charge in [0.2, 0.25) is 0 Å². The summed E-state index contributed by atoms with van der Waals surface area (Å²) >= 11 is 0. The lowest BCUT2D eigenvalue weighted by molar-refractivity contribution is 0.192. The fourth-order valence-corrected chi connectivity index (χ4v) is 3.33. The molecule has 2 aromatic heterocycles. The number of fused-ring (bicyclic) bond motifs is 1. The van der Waals surface area contributed by atoms with Crippen LogP contribution < -0.4 is 15.6 Å². The molecule has 8 heteroatoms. The first-order chi connectivity index (χ1) is 11.8. The number of rotatable bonds is 3. The second-order valence-corrected chi connectivity index (χ2v) is 6.04. The molecule has 1 saturated heterocycles. The van der Waals surface area contributed by atoms with Gasteiger partial charge in [-0.05, 0) is 6.42 Å². The van der Waals surface area contributed by atoms with Crippen molar-refractivity contribution in [1.29, 1.82) is 0 Å². The van der Waals surface area contributed by atoms with Crippen LogP contribution in [0.2, 0.25) is 0 Å². The molecule has 1 fully saturated rings. The number of nitrogens with one attached hydrogen (secondary N) is 1. The smallest absolute Gasteiger partial charge is 0.263 e. The second kappa shape index (κ2) is 6.37. The Hall–Kier alpha value is -2.19. The topological polar surface area (TPSA) is 91.4 Å². The van der Waals surface area contributed by atoms with Crippen molar-refractivity contribution in [3.63, 3.8) is 0 Å². The summed E-state index contributed by atoms with van der Waals surface area (Å²) in [5, 5.41) is 7.42. The summed E-state index contributed by atoms with van der Waals surface area (Å²) in [6.07, 6.45) is 1.60. The molecule has 1 atom stereocenters. The van der Waals surface area contributed by atoms with E-state index in [1.165, 1.54) is 6.07 Å². The van der Waals surface area contributed by atoms with Crippen molar-refractivity contribution in [2.45, 2.75) is 25.3 Å². The van der Waals surface area contributed by atoms with E-state index >= 15 is 0 Å². The zero-order chi connectivity index (χ0) is 16.5. The summed E-state index contributed by atoms with van der Waals surface area (Å²) in [7, 11) is 1.55. The van der Waals surface area contributed by atoms with Crippen molar-refractivity contribution in [2.24, 2.45) is 0 Å². The van der Waals surface area contributed by atoms with Gasteiger partial charge in [-0.2, -0.15) is 4.98 Å². The third-order valence-corrected chi connectivity index (χ3v) is 4.60. The maximum Gasteiger partial charge on any atom is 0.263 e. The van der Waals surface area contributed by atoms with Crippen LogP contribution in [0.25, 0.3) is 11.5 Å². The molecule has 0 saturated carbocycles. The molecule has 0 radical (unpaired) electrons. The minimum atomic E-state index is -0.0711. The molecule has 2 aliphatic rings. The van der Waals surface area contributed by atoms with E-state index in [1.54, 1.807) is 11.7 Å². The highest BCUT2D eigenvalue weighted by Gasteiger charge is 2.27. The molecule has 0 bridgehead atoms. The van der Waals surface area contributed by atoms with Crippen molar-refractivity contribution >= 4 is 0 Å². The van der Waals surface area contributed by atoms with E-state index in [4.69, 9.17) is 14.0 Å². The molecule has 0 aliphatic carbocycles. The maximum absolute atomic E-state index is 12.4. The molecule has 1 unspecified atom stereocenters. The van der Waals surface area contributed by atoms with Crippen molar-refractivity contribution in [3.05, 3.63) is 27.9 Å². The van der Waals surface area contributed by atoms with Crippen molar-refractivity contribution < 1.29 is 14.0 Å². The van der Waals surface area contributed by atoms with Crippen LogP contribution in [0, 0.1) is 0 Å². The van der Waals surface area contributed by atoms with E-state index in [0.29, 0.717) is 37.0 Å². The van der Waals surface area contributed by atoms with Crippen LogP contribution in [0.3, 0.4) is 0 Å². The largest absolute Gasteiger partial charge is 0.496 e. The SMILES string of the molecule is COc1cc(=O)n2c(c1-c1nc(C3CCOC3)no1)CCNCC2. The summed E-state index contributed by atoms with van der Waals surface area (Å²) in [5.74, 6) is 1.70. The van der Waals surface area contributed by atoms with Crippen LogP contribution in [-0.4, -0.2) is 48.1 Å². The van der Waals surface area contributed by atoms with Gasteiger partial charge in [-0.25, -0.2) is 0 Å². The number of pyridine rings is 1. The van der Waals surface area contributed by atoms with E-state index in [2.05, 4.69) is 15.5 Å². The molecule has 0 spiro atoms. The highest BCUT2D eigenvalue weighted by molar-refractivity contribution is 5.65. The van der Waals surface area contributed by atoms with Crippen molar-refractivity contribution in [1.82, 2.24) is 20.0 Å². The number of methoxy groups -OCH3 is 1. The minimum absolute atomic E-state index is 0.0711. The molecule has 0 amide bonds. The van der Waals surface area contributed by atoms with Crippen LogP contribution >= 0.6 is 0 Å². The van der Waals surface area contributed by atoms with Gasteiger partial charge in [0.25, 0.3) is 11.4 Å². The van der Waals surface area contributed by atoms with Gasteiger partial charge in [0.05, 0.1) is 13.7 Å². The first kappa shape index (κ1) is 15.3. The Labute approximate surface area is 138 Å². The molecule has 128 valence electrons. The van der Waals surface area contributed by atoms with E-state index < -0.39 is 0 Å². The van der Waals surface area contributed by atoms with Crippen LogP contribution in [0.4, 0.5) is 0 Å². The third-order valence-electron chi connectivity index (χ3n) is 4.60. The Kier molecular flexibility index (Phi) is 4.07. The van der Waals surface area contributed by atoms with E-state index in [0.717, 1.165) is 37.4 Å². The lowest BCUT2D eigenvalue weighted by Crippen LogP contribution is -2.25. The number of aromatic nitrogens is 3. The molecular formula is C16H20N4O4. The van der Waals surface area contributed by atoms with Crippen LogP contribution in [0.15, 0.2) is 15.4 Å². The third kappa shape index (κ3) is 2.61. The van der Waals surface area contributed by atoms with E-state index in [1.807, 2.05) is 0 Å². The quantitative estimate of drug-likeness (QED) is 0.878. The molecule has 8 nitrogen and oxygen atoms in total. The zero-order valence-corrected chi connectivity index (χ0v) is 13.6. The molecule has 4 rings (SSSR count). The first-order valence-electron chi connectivity index (χ1n) is 8.21. The fraction of sp³-hybridized carbons (Fsp3) is 0.562. The number of hydrogen-bond donors (Lipinski definition) is 1. The second-order valence-electron chi connectivity index (χ2n) is 6.04. The summed E-state index contributed by atoms with van der Waals surface area (Å²) in [5.41, 5.74) is 1.53. The molecule has 24 heavy (non-hydrogen) atoms. The normalized spacial score (nSPS) is 20.6. The molecule has 4 heterocycles. The molecular weight excluding hydrogens is 312 g/mol. The summed E-state index contributed by atoms with van der Waals surface area (Å²) in [6, 6.07) is 1.49. The van der Waals surface area contributed by atoms with Gasteiger partial charge in [0.15, 0.2) is 5.82 Å². The Bertz CT molecular complexity index is 792. The predicted octanol–water partition coefficient (Wildman–Crippen LogP) is 0.556. The van der Waals surface area contributed by atoms with Gasteiger partial charge in [-0.1, -0.05) is 5.16 Å². The van der Waals surface area contributed by atoms with E-state index in [-0.39, 0.29) is 11.5 Å². The van der Waals surface area contributed by atoms with Gasteiger partial charge in [0, 0.05) is 50.3 Å². The molecule has 2 aromatic rings. The zero-order valence-electron chi connectivity index (χ0n) is 13.6. The standard InChI is InChI=1S/C16H20N4O4/c1-22-12-8-13(21)20-6-5-17-4-2-11(20)14(12)16-18-15(19-24-16)10-3-7-23-9-10/h8,10,17H,2-7,9H2,1H3. The highest BCUT2D eigenvalue weighted by Crippen LogP contribution is 2.33. The summed E-state index contributed by atoms with van der Waals surface area (Å²) < 4.78 is 18.1. The van der Waals surface area contributed by atoms with Gasteiger partial charge < -0.3 is 23.9 Å². The number of hydrogen-bond acceptors (Lipinski definition) is 7. The average Bonchev–Trinajstić information content (AvgIpc) is 3.22.